The second-order valence-electron chi connectivity index (χ2n) is 4.91. The number of aromatic nitrogens is 2. The van der Waals surface area contributed by atoms with Gasteiger partial charge in [0.25, 0.3) is 5.91 Å². The summed E-state index contributed by atoms with van der Waals surface area (Å²) in [5.74, 6) is -0.123. The predicted molar refractivity (Wildman–Crippen MR) is 79.4 cm³/mol. The van der Waals surface area contributed by atoms with Gasteiger partial charge in [-0.15, -0.1) is 0 Å². The van der Waals surface area contributed by atoms with Crippen molar-refractivity contribution in [1.29, 1.82) is 0 Å². The van der Waals surface area contributed by atoms with E-state index in [0.717, 1.165) is 18.6 Å². The van der Waals surface area contributed by atoms with Gasteiger partial charge in [0, 0.05) is 34.8 Å². The molecule has 2 heterocycles. The van der Waals surface area contributed by atoms with Crippen molar-refractivity contribution in [3.8, 4) is 0 Å². The van der Waals surface area contributed by atoms with Crippen molar-refractivity contribution >= 4 is 17.5 Å². The SMILES string of the molecule is O=C(NCCn1ncc2c1CCOC2)c1cccc(Cl)c1. The minimum atomic E-state index is -0.123. The van der Waals surface area contributed by atoms with Crippen molar-refractivity contribution in [2.75, 3.05) is 13.2 Å². The van der Waals surface area contributed by atoms with E-state index >= 15 is 0 Å². The molecule has 0 saturated carbocycles. The largest absolute Gasteiger partial charge is 0.376 e. The third kappa shape index (κ3) is 3.25. The molecule has 0 radical (unpaired) electrons. The highest BCUT2D eigenvalue weighted by molar-refractivity contribution is 6.30. The fourth-order valence-corrected chi connectivity index (χ4v) is 2.60. The van der Waals surface area contributed by atoms with Crippen molar-refractivity contribution in [2.45, 2.75) is 19.6 Å². The molecule has 1 aromatic heterocycles. The summed E-state index contributed by atoms with van der Waals surface area (Å²) in [6, 6.07) is 6.91. The Balaban J connectivity index is 1.56. The van der Waals surface area contributed by atoms with E-state index in [9.17, 15) is 4.79 Å². The van der Waals surface area contributed by atoms with Crippen LogP contribution in [0.1, 0.15) is 21.6 Å². The van der Waals surface area contributed by atoms with Gasteiger partial charge < -0.3 is 10.1 Å². The molecule has 1 aliphatic heterocycles. The highest BCUT2D eigenvalue weighted by atomic mass is 35.5. The Labute approximate surface area is 127 Å². The molecule has 0 saturated heterocycles. The second kappa shape index (κ2) is 6.28. The zero-order chi connectivity index (χ0) is 14.7. The molecular formula is C15H16ClN3O2. The molecule has 21 heavy (non-hydrogen) atoms. The molecule has 1 N–H and O–H groups in total. The van der Waals surface area contributed by atoms with Crippen molar-refractivity contribution in [3.05, 3.63) is 52.3 Å². The number of hydrogen-bond donors (Lipinski definition) is 1. The first-order valence-corrected chi connectivity index (χ1v) is 7.27. The van der Waals surface area contributed by atoms with Gasteiger partial charge in [-0.25, -0.2) is 0 Å². The average molecular weight is 306 g/mol. The summed E-state index contributed by atoms with van der Waals surface area (Å²) in [6.07, 6.45) is 2.71. The number of rotatable bonds is 4. The Morgan fingerprint density at radius 1 is 1.48 bits per heavy atom. The summed E-state index contributed by atoms with van der Waals surface area (Å²) in [4.78, 5) is 12.0. The van der Waals surface area contributed by atoms with Gasteiger partial charge in [-0.05, 0) is 18.2 Å². The number of halogens is 1. The number of carbonyl (C=O) groups excluding carboxylic acids is 1. The van der Waals surface area contributed by atoms with Crippen molar-refractivity contribution in [1.82, 2.24) is 15.1 Å². The normalized spacial score (nSPS) is 13.8. The molecule has 0 atom stereocenters. The molecule has 6 heteroatoms. The molecule has 0 aliphatic carbocycles. The quantitative estimate of drug-likeness (QED) is 0.940. The number of ether oxygens (including phenoxy) is 1. The van der Waals surface area contributed by atoms with Crippen LogP contribution in [0, 0.1) is 0 Å². The Kier molecular flexibility index (Phi) is 4.22. The molecule has 0 unspecified atom stereocenters. The lowest BCUT2D eigenvalue weighted by atomic mass is 10.2. The minimum Gasteiger partial charge on any atom is -0.376 e. The number of amides is 1. The van der Waals surface area contributed by atoms with Gasteiger partial charge in [-0.2, -0.15) is 5.10 Å². The first-order valence-electron chi connectivity index (χ1n) is 6.89. The van der Waals surface area contributed by atoms with Crippen LogP contribution in [-0.2, 0) is 24.3 Å². The zero-order valence-corrected chi connectivity index (χ0v) is 12.3. The Bertz CT molecular complexity index is 654. The van der Waals surface area contributed by atoms with Gasteiger partial charge in [0.05, 0.1) is 26.0 Å². The summed E-state index contributed by atoms with van der Waals surface area (Å²) < 4.78 is 7.33. The molecule has 0 bridgehead atoms. The van der Waals surface area contributed by atoms with Crippen LogP contribution < -0.4 is 5.32 Å². The third-order valence-electron chi connectivity index (χ3n) is 3.47. The maximum atomic E-state index is 12.0. The number of fused-ring (bicyclic) bond motifs is 1. The summed E-state index contributed by atoms with van der Waals surface area (Å²) in [5.41, 5.74) is 2.92. The number of nitrogens with zero attached hydrogens (tertiary/aromatic N) is 2. The van der Waals surface area contributed by atoms with Crippen molar-refractivity contribution in [2.24, 2.45) is 0 Å². The van der Waals surface area contributed by atoms with Crippen LogP contribution in [0.15, 0.2) is 30.5 Å². The number of benzene rings is 1. The van der Waals surface area contributed by atoms with Crippen LogP contribution in [0.3, 0.4) is 0 Å². The zero-order valence-electron chi connectivity index (χ0n) is 11.5. The first kappa shape index (κ1) is 14.1. The van der Waals surface area contributed by atoms with Gasteiger partial charge >= 0.3 is 0 Å². The highest BCUT2D eigenvalue weighted by Crippen LogP contribution is 2.15. The molecule has 1 aromatic carbocycles. The second-order valence-corrected chi connectivity index (χ2v) is 5.34. The topological polar surface area (TPSA) is 56.2 Å². The van der Waals surface area contributed by atoms with E-state index in [4.69, 9.17) is 16.3 Å². The van der Waals surface area contributed by atoms with E-state index in [2.05, 4.69) is 10.4 Å². The summed E-state index contributed by atoms with van der Waals surface area (Å²) in [5, 5.41) is 7.79. The lowest BCUT2D eigenvalue weighted by Gasteiger charge is -2.14. The Morgan fingerprint density at radius 2 is 2.38 bits per heavy atom. The van der Waals surface area contributed by atoms with E-state index in [0.29, 0.717) is 30.3 Å². The van der Waals surface area contributed by atoms with Gasteiger partial charge in [0.2, 0.25) is 0 Å². The fraction of sp³-hybridized carbons (Fsp3) is 0.333. The van der Waals surface area contributed by atoms with E-state index in [1.165, 1.54) is 5.69 Å². The number of carbonyl (C=O) groups is 1. The maximum Gasteiger partial charge on any atom is 0.251 e. The maximum absolute atomic E-state index is 12.0. The van der Waals surface area contributed by atoms with Crippen LogP contribution >= 0.6 is 11.6 Å². The molecule has 110 valence electrons. The molecule has 1 aliphatic rings. The Morgan fingerprint density at radius 3 is 3.24 bits per heavy atom. The van der Waals surface area contributed by atoms with Crippen LogP contribution in [0.5, 0.6) is 0 Å². The molecule has 2 aromatic rings. The van der Waals surface area contributed by atoms with E-state index in [1.807, 2.05) is 10.9 Å². The van der Waals surface area contributed by atoms with Gasteiger partial charge in [0.1, 0.15) is 0 Å². The average Bonchev–Trinajstić information content (AvgIpc) is 2.91. The molecule has 3 rings (SSSR count). The smallest absolute Gasteiger partial charge is 0.251 e. The standard InChI is InChI=1S/C15H16ClN3O2/c16-13-3-1-2-11(8-13)15(20)17-5-6-19-14-4-7-21-10-12(14)9-18-19/h1-3,8-9H,4-7,10H2,(H,17,20). The summed E-state index contributed by atoms with van der Waals surface area (Å²) in [6.45, 7) is 2.54. The summed E-state index contributed by atoms with van der Waals surface area (Å²) >= 11 is 5.88. The van der Waals surface area contributed by atoms with Gasteiger partial charge in [-0.3, -0.25) is 9.48 Å². The van der Waals surface area contributed by atoms with E-state index in [1.54, 1.807) is 24.3 Å². The lowest BCUT2D eigenvalue weighted by molar-refractivity contribution is 0.0950. The first-order chi connectivity index (χ1) is 10.2. The number of nitrogens with one attached hydrogen (secondary N) is 1. The molecule has 0 fully saturated rings. The fourth-order valence-electron chi connectivity index (χ4n) is 2.41. The van der Waals surface area contributed by atoms with Crippen LogP contribution in [0.4, 0.5) is 0 Å². The number of hydrogen-bond acceptors (Lipinski definition) is 3. The predicted octanol–water partition coefficient (Wildman–Crippen LogP) is 2.04. The van der Waals surface area contributed by atoms with E-state index in [-0.39, 0.29) is 5.91 Å². The monoisotopic (exact) mass is 305 g/mol. The minimum absolute atomic E-state index is 0.123. The molecule has 5 nitrogen and oxygen atoms in total. The molecule has 0 spiro atoms. The van der Waals surface area contributed by atoms with Crippen LogP contribution in [0.2, 0.25) is 5.02 Å². The Hall–Kier alpha value is -1.85. The summed E-state index contributed by atoms with van der Waals surface area (Å²) in [7, 11) is 0. The molecule has 1 amide bonds. The van der Waals surface area contributed by atoms with Gasteiger partial charge in [0.15, 0.2) is 0 Å². The third-order valence-corrected chi connectivity index (χ3v) is 3.71. The van der Waals surface area contributed by atoms with Gasteiger partial charge in [-0.1, -0.05) is 17.7 Å². The van der Waals surface area contributed by atoms with Crippen LogP contribution in [-0.4, -0.2) is 28.8 Å². The van der Waals surface area contributed by atoms with Crippen LogP contribution in [0.25, 0.3) is 0 Å². The van der Waals surface area contributed by atoms with Crippen molar-refractivity contribution < 1.29 is 9.53 Å². The van der Waals surface area contributed by atoms with Crippen molar-refractivity contribution in [3.63, 3.8) is 0 Å². The lowest BCUT2D eigenvalue weighted by Crippen LogP contribution is -2.28. The highest BCUT2D eigenvalue weighted by Gasteiger charge is 2.15. The molecular weight excluding hydrogens is 290 g/mol. The van der Waals surface area contributed by atoms with E-state index < -0.39 is 0 Å².